The van der Waals surface area contributed by atoms with Gasteiger partial charge in [0.25, 0.3) is 0 Å². The lowest BCUT2D eigenvalue weighted by Crippen LogP contribution is -2.46. The second-order valence-electron chi connectivity index (χ2n) is 8.86. The molecule has 1 aromatic heterocycles. The number of anilines is 2. The van der Waals surface area contributed by atoms with Crippen molar-refractivity contribution in [3.8, 4) is 5.75 Å². The van der Waals surface area contributed by atoms with E-state index in [0.29, 0.717) is 0 Å². The third-order valence-corrected chi connectivity index (χ3v) is 6.91. The molecule has 0 amide bonds. The molecule has 1 N–H and O–H groups in total. The third kappa shape index (κ3) is 3.65. The Balaban J connectivity index is 1.36. The van der Waals surface area contributed by atoms with Gasteiger partial charge in [0.1, 0.15) is 23.5 Å². The number of nitrogens with zero attached hydrogens (tertiary/aromatic N) is 3. The van der Waals surface area contributed by atoms with Crippen molar-refractivity contribution < 1.29 is 14.2 Å². The van der Waals surface area contributed by atoms with Crippen molar-refractivity contribution in [3.63, 3.8) is 0 Å². The number of rotatable bonds is 3. The van der Waals surface area contributed by atoms with Crippen molar-refractivity contribution >= 4 is 22.4 Å². The van der Waals surface area contributed by atoms with Crippen molar-refractivity contribution in [2.24, 2.45) is 0 Å². The van der Waals surface area contributed by atoms with Crippen LogP contribution in [0, 0.1) is 0 Å². The molecule has 6 rings (SSSR count). The molecule has 0 radical (unpaired) electrons. The number of aromatic nitrogens is 2. The van der Waals surface area contributed by atoms with Crippen LogP contribution in [0.25, 0.3) is 10.9 Å². The standard InChI is InChI=1S/C25H28N4O3/c1-2-4-23-19(3-1)22(16-25(32-23)7-11-30-12-8-25)28-24-20-15-18(29-9-13-31-14-10-29)5-6-21(20)26-17-27-24/h1-6,15,17,22H,7-14,16H2,(H,26,27,28). The van der Waals surface area contributed by atoms with Crippen LogP contribution in [0.1, 0.15) is 30.9 Å². The van der Waals surface area contributed by atoms with E-state index in [1.807, 2.05) is 6.07 Å². The third-order valence-electron chi connectivity index (χ3n) is 6.91. The Morgan fingerprint density at radius 1 is 0.938 bits per heavy atom. The number of ether oxygens (including phenoxy) is 3. The van der Waals surface area contributed by atoms with Crippen LogP contribution in [0.4, 0.5) is 11.5 Å². The Labute approximate surface area is 187 Å². The highest BCUT2D eigenvalue weighted by atomic mass is 16.5. The van der Waals surface area contributed by atoms with Gasteiger partial charge in [0.05, 0.1) is 38.0 Å². The molecule has 0 aliphatic carbocycles. The van der Waals surface area contributed by atoms with Crippen molar-refractivity contribution in [2.75, 3.05) is 49.7 Å². The molecule has 2 aromatic carbocycles. The van der Waals surface area contributed by atoms with E-state index in [1.165, 1.54) is 11.3 Å². The van der Waals surface area contributed by atoms with Gasteiger partial charge in [0.2, 0.25) is 0 Å². The first-order chi connectivity index (χ1) is 15.8. The molecular formula is C25H28N4O3. The Kier molecular flexibility index (Phi) is 5.08. The van der Waals surface area contributed by atoms with Crippen molar-refractivity contribution in [2.45, 2.75) is 30.9 Å². The molecule has 3 aliphatic heterocycles. The lowest BCUT2D eigenvalue weighted by atomic mass is 9.82. The second-order valence-corrected chi connectivity index (χ2v) is 8.86. The van der Waals surface area contributed by atoms with Crippen molar-refractivity contribution in [1.29, 1.82) is 0 Å². The smallest absolute Gasteiger partial charge is 0.137 e. The average Bonchev–Trinajstić information content (AvgIpc) is 2.85. The van der Waals surface area contributed by atoms with Gasteiger partial charge in [0, 0.05) is 49.0 Å². The summed E-state index contributed by atoms with van der Waals surface area (Å²) < 4.78 is 17.7. The average molecular weight is 433 g/mol. The van der Waals surface area contributed by atoms with Gasteiger partial charge in [-0.15, -0.1) is 0 Å². The largest absolute Gasteiger partial charge is 0.487 e. The summed E-state index contributed by atoms with van der Waals surface area (Å²) >= 11 is 0. The Morgan fingerprint density at radius 2 is 1.75 bits per heavy atom. The summed E-state index contributed by atoms with van der Waals surface area (Å²) in [6.45, 7) is 4.82. The molecule has 1 spiro atoms. The summed E-state index contributed by atoms with van der Waals surface area (Å²) in [6, 6.07) is 14.9. The quantitative estimate of drug-likeness (QED) is 0.672. The molecule has 1 atom stereocenters. The van der Waals surface area contributed by atoms with Gasteiger partial charge in [-0.05, 0) is 24.3 Å². The van der Waals surface area contributed by atoms with Gasteiger partial charge in [-0.25, -0.2) is 9.97 Å². The monoisotopic (exact) mass is 432 g/mol. The number of hydrogen-bond acceptors (Lipinski definition) is 7. The van der Waals surface area contributed by atoms with Crippen LogP contribution in [0.15, 0.2) is 48.8 Å². The van der Waals surface area contributed by atoms with Crippen LogP contribution in [0.2, 0.25) is 0 Å². The van der Waals surface area contributed by atoms with Gasteiger partial charge in [-0.3, -0.25) is 0 Å². The lowest BCUT2D eigenvalue weighted by Gasteiger charge is -2.44. The minimum atomic E-state index is -0.188. The summed E-state index contributed by atoms with van der Waals surface area (Å²) in [5, 5.41) is 4.81. The Hall–Kier alpha value is -2.90. The molecule has 166 valence electrons. The fourth-order valence-corrected chi connectivity index (χ4v) is 5.14. The number of hydrogen-bond donors (Lipinski definition) is 1. The highest BCUT2D eigenvalue weighted by molar-refractivity contribution is 5.91. The van der Waals surface area contributed by atoms with E-state index in [1.54, 1.807) is 6.33 Å². The van der Waals surface area contributed by atoms with Gasteiger partial charge in [-0.2, -0.15) is 0 Å². The van der Waals surface area contributed by atoms with Gasteiger partial charge >= 0.3 is 0 Å². The van der Waals surface area contributed by atoms with Gasteiger partial charge < -0.3 is 24.4 Å². The van der Waals surface area contributed by atoms with Gasteiger partial charge in [-0.1, -0.05) is 18.2 Å². The Morgan fingerprint density at radius 3 is 2.62 bits per heavy atom. The topological polar surface area (TPSA) is 68.7 Å². The molecule has 7 heteroatoms. The summed E-state index contributed by atoms with van der Waals surface area (Å²) in [6.07, 6.45) is 4.35. The molecule has 3 aromatic rings. The predicted molar refractivity (Wildman–Crippen MR) is 123 cm³/mol. The van der Waals surface area contributed by atoms with E-state index in [4.69, 9.17) is 14.2 Å². The molecule has 4 heterocycles. The van der Waals surface area contributed by atoms with E-state index in [2.05, 4.69) is 56.6 Å². The van der Waals surface area contributed by atoms with Crippen molar-refractivity contribution in [3.05, 3.63) is 54.4 Å². The van der Waals surface area contributed by atoms with Crippen LogP contribution in [0.3, 0.4) is 0 Å². The predicted octanol–water partition coefficient (Wildman–Crippen LogP) is 3.95. The second kappa shape index (κ2) is 8.22. The van der Waals surface area contributed by atoms with E-state index in [0.717, 1.165) is 81.2 Å². The molecule has 0 saturated carbocycles. The minimum absolute atomic E-state index is 0.114. The van der Waals surface area contributed by atoms with Crippen molar-refractivity contribution in [1.82, 2.24) is 9.97 Å². The number of para-hydroxylation sites is 1. The summed E-state index contributed by atoms with van der Waals surface area (Å²) in [5.41, 5.74) is 3.12. The van der Waals surface area contributed by atoms with E-state index in [9.17, 15) is 0 Å². The highest BCUT2D eigenvalue weighted by Gasteiger charge is 2.42. The van der Waals surface area contributed by atoms with Crippen LogP contribution >= 0.6 is 0 Å². The summed E-state index contributed by atoms with van der Waals surface area (Å²) in [7, 11) is 0. The van der Waals surface area contributed by atoms with Crippen LogP contribution in [-0.2, 0) is 9.47 Å². The molecule has 2 saturated heterocycles. The van der Waals surface area contributed by atoms with Crippen LogP contribution in [-0.4, -0.2) is 55.1 Å². The molecule has 2 fully saturated rings. The molecule has 3 aliphatic rings. The fraction of sp³-hybridized carbons (Fsp3) is 0.440. The first kappa shape index (κ1) is 19.8. The molecule has 32 heavy (non-hydrogen) atoms. The van der Waals surface area contributed by atoms with Crippen LogP contribution in [0.5, 0.6) is 5.75 Å². The first-order valence-corrected chi connectivity index (χ1v) is 11.5. The number of benzene rings is 2. The number of fused-ring (bicyclic) bond motifs is 2. The lowest BCUT2D eigenvalue weighted by molar-refractivity contribution is -0.0608. The van der Waals surface area contributed by atoms with E-state index < -0.39 is 0 Å². The zero-order valence-electron chi connectivity index (χ0n) is 18.1. The summed E-state index contributed by atoms with van der Waals surface area (Å²) in [5.74, 6) is 1.83. The molecular weight excluding hydrogens is 404 g/mol. The SMILES string of the molecule is c1ccc2c(c1)OC1(CCOCC1)CC2Nc1ncnc2ccc(N3CCOCC3)cc12. The van der Waals surface area contributed by atoms with Crippen LogP contribution < -0.4 is 15.0 Å². The maximum atomic E-state index is 6.54. The Bertz CT molecular complexity index is 1110. The van der Waals surface area contributed by atoms with Gasteiger partial charge in [0.15, 0.2) is 0 Å². The number of nitrogens with one attached hydrogen (secondary N) is 1. The zero-order chi connectivity index (χ0) is 21.4. The normalized spacial score (nSPS) is 22.4. The molecule has 7 nitrogen and oxygen atoms in total. The zero-order valence-corrected chi connectivity index (χ0v) is 18.1. The maximum absolute atomic E-state index is 6.54. The minimum Gasteiger partial charge on any atom is -0.487 e. The van der Waals surface area contributed by atoms with E-state index in [-0.39, 0.29) is 11.6 Å². The highest BCUT2D eigenvalue weighted by Crippen LogP contribution is 2.45. The number of morpholine rings is 1. The molecule has 1 unspecified atom stereocenters. The maximum Gasteiger partial charge on any atom is 0.137 e. The first-order valence-electron chi connectivity index (χ1n) is 11.5. The molecule has 0 bridgehead atoms. The summed E-state index contributed by atoms with van der Waals surface area (Å²) in [4.78, 5) is 11.5. The van der Waals surface area contributed by atoms with E-state index >= 15 is 0 Å². The fourth-order valence-electron chi connectivity index (χ4n) is 5.14.